The maximum atomic E-state index is 11.6. The van der Waals surface area contributed by atoms with Crippen LogP contribution in [0.3, 0.4) is 0 Å². The molecule has 120 valence electrons. The molecule has 1 N–H and O–H groups in total. The summed E-state index contributed by atoms with van der Waals surface area (Å²) in [4.78, 5) is 22.2. The fourth-order valence-electron chi connectivity index (χ4n) is 1.57. The molecule has 0 aliphatic rings. The van der Waals surface area contributed by atoms with Gasteiger partial charge in [-0.15, -0.1) is 0 Å². The Balaban J connectivity index is 1.81. The summed E-state index contributed by atoms with van der Waals surface area (Å²) in [5.41, 5.74) is 3.13. The van der Waals surface area contributed by atoms with Gasteiger partial charge in [-0.2, -0.15) is 5.10 Å². The smallest absolute Gasteiger partial charge is 0.324 e. The number of nitrogens with one attached hydrogen (secondary N) is 1. The molecule has 0 aliphatic heterocycles. The van der Waals surface area contributed by atoms with Crippen LogP contribution in [0.4, 0.5) is 5.00 Å². The van der Waals surface area contributed by atoms with Crippen molar-refractivity contribution in [1.29, 1.82) is 0 Å². The first-order valence-electron chi connectivity index (χ1n) is 6.41. The van der Waals surface area contributed by atoms with Gasteiger partial charge in [0.25, 0.3) is 5.91 Å². The van der Waals surface area contributed by atoms with Gasteiger partial charge in [-0.05, 0) is 36.8 Å². The molecule has 2 rings (SSSR count). The van der Waals surface area contributed by atoms with Crippen molar-refractivity contribution in [2.75, 3.05) is 6.61 Å². The Morgan fingerprint density at radius 3 is 2.91 bits per heavy atom. The molecule has 1 heterocycles. The molecule has 0 unspecified atom stereocenters. The lowest BCUT2D eigenvalue weighted by molar-refractivity contribution is -0.380. The number of nitrogens with zero attached hydrogens (tertiary/aromatic N) is 2. The Bertz CT molecular complexity index is 760. The zero-order chi connectivity index (χ0) is 16.8. The topological polar surface area (TPSA) is 93.8 Å². The van der Waals surface area contributed by atoms with Crippen molar-refractivity contribution in [2.45, 2.75) is 6.92 Å². The molecule has 2 aromatic rings. The van der Waals surface area contributed by atoms with Crippen LogP contribution in [0.2, 0.25) is 5.02 Å². The van der Waals surface area contributed by atoms with Crippen molar-refractivity contribution in [2.24, 2.45) is 5.10 Å². The van der Waals surface area contributed by atoms with Crippen molar-refractivity contribution in [3.63, 3.8) is 0 Å². The first-order chi connectivity index (χ1) is 11.0. The van der Waals surface area contributed by atoms with Crippen LogP contribution in [0.1, 0.15) is 10.4 Å². The molecule has 0 fully saturated rings. The number of hydrazone groups is 1. The lowest BCUT2D eigenvalue weighted by Crippen LogP contribution is -2.24. The Morgan fingerprint density at radius 2 is 2.26 bits per heavy atom. The second kappa shape index (κ2) is 7.70. The summed E-state index contributed by atoms with van der Waals surface area (Å²) in [6.45, 7) is 1.63. The summed E-state index contributed by atoms with van der Waals surface area (Å²) in [6.07, 6.45) is 1.34. The number of benzene rings is 1. The van der Waals surface area contributed by atoms with Crippen LogP contribution in [0, 0.1) is 17.0 Å². The van der Waals surface area contributed by atoms with E-state index >= 15 is 0 Å². The molecule has 0 radical (unpaired) electrons. The van der Waals surface area contributed by atoms with Gasteiger partial charge in [0.2, 0.25) is 0 Å². The van der Waals surface area contributed by atoms with E-state index < -0.39 is 10.8 Å². The number of carbonyl (C=O) groups is 1. The molecule has 0 saturated carbocycles. The van der Waals surface area contributed by atoms with Crippen LogP contribution in [-0.2, 0) is 4.79 Å². The summed E-state index contributed by atoms with van der Waals surface area (Å²) in [7, 11) is 0. The number of rotatable bonds is 6. The Kier molecular flexibility index (Phi) is 5.67. The second-order valence-electron chi connectivity index (χ2n) is 4.43. The number of halogens is 1. The van der Waals surface area contributed by atoms with E-state index in [1.165, 1.54) is 12.3 Å². The van der Waals surface area contributed by atoms with Crippen molar-refractivity contribution in [3.8, 4) is 5.75 Å². The molecule has 1 aromatic heterocycles. The zero-order valence-electron chi connectivity index (χ0n) is 12.0. The van der Waals surface area contributed by atoms with Gasteiger partial charge < -0.3 is 4.74 Å². The molecule has 0 atom stereocenters. The molecule has 1 aromatic carbocycles. The number of hydrogen-bond acceptors (Lipinski definition) is 6. The molecular formula is C14H12ClN3O4S. The highest BCUT2D eigenvalue weighted by Gasteiger charge is 2.08. The molecule has 0 spiro atoms. The van der Waals surface area contributed by atoms with Gasteiger partial charge in [0.15, 0.2) is 6.61 Å². The largest absolute Gasteiger partial charge is 0.484 e. The molecule has 7 nitrogen and oxygen atoms in total. The van der Waals surface area contributed by atoms with Gasteiger partial charge in [0.05, 0.1) is 16.0 Å². The maximum absolute atomic E-state index is 11.6. The molecular weight excluding hydrogens is 342 g/mol. The molecule has 1 amide bonds. The van der Waals surface area contributed by atoms with Crippen LogP contribution in [0.5, 0.6) is 5.75 Å². The van der Waals surface area contributed by atoms with Crippen LogP contribution < -0.4 is 10.2 Å². The Hall–Kier alpha value is -2.45. The van der Waals surface area contributed by atoms with Crippen LogP contribution >= 0.6 is 22.9 Å². The van der Waals surface area contributed by atoms with Crippen molar-refractivity contribution >= 4 is 40.1 Å². The van der Waals surface area contributed by atoms with E-state index in [0.717, 1.165) is 16.9 Å². The van der Waals surface area contributed by atoms with Gasteiger partial charge in [-0.3, -0.25) is 14.9 Å². The lowest BCUT2D eigenvalue weighted by atomic mass is 10.2. The highest BCUT2D eigenvalue weighted by molar-refractivity contribution is 7.16. The second-order valence-corrected chi connectivity index (χ2v) is 5.93. The molecule has 9 heteroatoms. The minimum absolute atomic E-state index is 0.0132. The quantitative estimate of drug-likeness (QED) is 0.490. The summed E-state index contributed by atoms with van der Waals surface area (Å²) in [5.74, 6) is 0.0832. The molecule has 0 bridgehead atoms. The third-order valence-corrected chi connectivity index (χ3v) is 4.07. The maximum Gasteiger partial charge on any atom is 0.324 e. The zero-order valence-corrected chi connectivity index (χ0v) is 13.6. The molecule has 0 saturated heterocycles. The monoisotopic (exact) mass is 353 g/mol. The molecule has 0 aliphatic carbocycles. The normalized spacial score (nSPS) is 10.7. The van der Waals surface area contributed by atoms with Crippen molar-refractivity contribution in [3.05, 3.63) is 55.9 Å². The first kappa shape index (κ1) is 16.9. The SMILES string of the molecule is Cc1cc(OCC(=O)N/N=C\c2ccc([N+](=O)[O-])s2)ccc1Cl. The predicted octanol–water partition coefficient (Wildman–Crippen LogP) is 3.15. The lowest BCUT2D eigenvalue weighted by Gasteiger charge is -2.06. The van der Waals surface area contributed by atoms with Crippen LogP contribution in [0.15, 0.2) is 35.4 Å². The average Bonchev–Trinajstić information content (AvgIpc) is 2.97. The highest BCUT2D eigenvalue weighted by atomic mass is 35.5. The van der Waals surface area contributed by atoms with Gasteiger partial charge >= 0.3 is 5.00 Å². The fraction of sp³-hybridized carbons (Fsp3) is 0.143. The predicted molar refractivity (Wildman–Crippen MR) is 88.4 cm³/mol. The summed E-state index contributed by atoms with van der Waals surface area (Å²) in [6, 6.07) is 8.00. The summed E-state index contributed by atoms with van der Waals surface area (Å²) in [5, 5.41) is 14.9. The summed E-state index contributed by atoms with van der Waals surface area (Å²) >= 11 is 6.86. The number of aryl methyl sites for hydroxylation is 1. The van der Waals surface area contributed by atoms with E-state index in [0.29, 0.717) is 15.6 Å². The number of thiophene rings is 1. The minimum atomic E-state index is -0.484. The molecule has 23 heavy (non-hydrogen) atoms. The summed E-state index contributed by atoms with van der Waals surface area (Å²) < 4.78 is 5.31. The van der Waals surface area contributed by atoms with E-state index in [4.69, 9.17) is 16.3 Å². The number of amides is 1. The van der Waals surface area contributed by atoms with Gasteiger partial charge in [-0.1, -0.05) is 22.9 Å². The van der Waals surface area contributed by atoms with E-state index in [1.807, 2.05) is 6.92 Å². The van der Waals surface area contributed by atoms with Gasteiger partial charge in [-0.25, -0.2) is 5.43 Å². The third-order valence-electron chi connectivity index (χ3n) is 2.67. The minimum Gasteiger partial charge on any atom is -0.484 e. The van der Waals surface area contributed by atoms with E-state index in [1.54, 1.807) is 24.3 Å². The Labute approximate surface area is 140 Å². The third kappa shape index (κ3) is 5.04. The standard InChI is InChI=1S/C14H12ClN3O4S/c1-9-6-10(2-4-12(9)15)22-8-13(19)17-16-7-11-3-5-14(23-11)18(20)21/h2-7H,8H2,1H3,(H,17,19)/b16-7-. The highest BCUT2D eigenvalue weighted by Crippen LogP contribution is 2.22. The average molecular weight is 354 g/mol. The van der Waals surface area contributed by atoms with Crippen LogP contribution in [0.25, 0.3) is 0 Å². The van der Waals surface area contributed by atoms with E-state index in [2.05, 4.69) is 10.5 Å². The van der Waals surface area contributed by atoms with Gasteiger partial charge in [0, 0.05) is 11.1 Å². The number of nitro groups is 1. The fourth-order valence-corrected chi connectivity index (χ4v) is 2.38. The van der Waals surface area contributed by atoms with Crippen molar-refractivity contribution < 1.29 is 14.5 Å². The van der Waals surface area contributed by atoms with Gasteiger partial charge in [0.1, 0.15) is 5.75 Å². The number of hydrogen-bond donors (Lipinski definition) is 1. The number of carbonyl (C=O) groups excluding carboxylic acids is 1. The van der Waals surface area contributed by atoms with E-state index in [9.17, 15) is 14.9 Å². The van der Waals surface area contributed by atoms with Crippen LogP contribution in [-0.4, -0.2) is 23.7 Å². The Morgan fingerprint density at radius 1 is 1.48 bits per heavy atom. The first-order valence-corrected chi connectivity index (χ1v) is 7.60. The number of ether oxygens (including phenoxy) is 1. The van der Waals surface area contributed by atoms with Crippen molar-refractivity contribution in [1.82, 2.24) is 5.43 Å². The van der Waals surface area contributed by atoms with E-state index in [-0.39, 0.29) is 11.6 Å².